The first-order valence-corrected chi connectivity index (χ1v) is 11.8. The lowest BCUT2D eigenvalue weighted by molar-refractivity contribution is -0.0634. The van der Waals surface area contributed by atoms with Crippen molar-refractivity contribution in [1.29, 1.82) is 0 Å². The van der Waals surface area contributed by atoms with E-state index in [1.807, 2.05) is 0 Å². The minimum Gasteiger partial charge on any atom is -0.473 e. The normalized spacial score (nSPS) is 20.8. The van der Waals surface area contributed by atoms with Crippen molar-refractivity contribution in [1.82, 2.24) is 19.9 Å². The van der Waals surface area contributed by atoms with Gasteiger partial charge < -0.3 is 32.2 Å². The van der Waals surface area contributed by atoms with Crippen molar-refractivity contribution < 1.29 is 41.8 Å². The predicted molar refractivity (Wildman–Crippen MR) is 126 cm³/mol. The number of ether oxygens (including phenoxy) is 4. The highest BCUT2D eigenvalue weighted by Gasteiger charge is 2.48. The van der Waals surface area contributed by atoms with E-state index in [4.69, 9.17) is 27.5 Å². The number of methoxy groups -OCH3 is 1. The Kier molecular flexibility index (Phi) is 6.21. The van der Waals surface area contributed by atoms with Gasteiger partial charge in [0.1, 0.15) is 42.8 Å². The summed E-state index contributed by atoms with van der Waals surface area (Å²) in [5, 5.41) is 0. The molecule has 202 valence electrons. The molecule has 5 rings (SSSR count). The molecule has 2 atom stereocenters. The van der Waals surface area contributed by atoms with Gasteiger partial charge >= 0.3 is 12.1 Å². The SMILES string of the molecule is COC(=O)c1coc([C@@H]2COC(c3coc(-c4coc(C5COC(C)(C)N5C(=O)OC(C)(C)C)n4)n3)=N2)n1. The molecule has 0 N–H and O–H groups in total. The average molecular weight is 530 g/mol. The van der Waals surface area contributed by atoms with Crippen molar-refractivity contribution >= 4 is 18.0 Å². The van der Waals surface area contributed by atoms with Crippen LogP contribution in [0.1, 0.15) is 74.7 Å². The first kappa shape index (κ1) is 25.4. The summed E-state index contributed by atoms with van der Waals surface area (Å²) in [6.45, 7) is 9.23. The molecule has 3 aromatic heterocycles. The van der Waals surface area contributed by atoms with Crippen LogP contribution in [0.5, 0.6) is 0 Å². The quantitative estimate of drug-likeness (QED) is 0.441. The number of carbonyl (C=O) groups excluding carboxylic acids is 2. The van der Waals surface area contributed by atoms with Crippen molar-refractivity contribution in [2.24, 2.45) is 4.99 Å². The third kappa shape index (κ3) is 4.86. The van der Waals surface area contributed by atoms with Crippen LogP contribution in [-0.4, -0.2) is 69.5 Å². The molecule has 1 fully saturated rings. The van der Waals surface area contributed by atoms with Crippen molar-refractivity contribution in [3.05, 3.63) is 42.0 Å². The van der Waals surface area contributed by atoms with Gasteiger partial charge in [0.2, 0.25) is 23.6 Å². The lowest BCUT2D eigenvalue weighted by Crippen LogP contribution is -2.47. The van der Waals surface area contributed by atoms with Crippen LogP contribution in [0.2, 0.25) is 0 Å². The van der Waals surface area contributed by atoms with Crippen molar-refractivity contribution in [3.8, 4) is 11.6 Å². The Morgan fingerprint density at radius 1 is 1.00 bits per heavy atom. The number of oxazole rings is 3. The molecule has 0 bridgehead atoms. The van der Waals surface area contributed by atoms with Crippen LogP contribution in [-0.2, 0) is 18.9 Å². The standard InChI is InChI=1S/C24H27N5O9/c1-23(2,3)38-22(31)29-16(11-37-24(29,4)5)20-27-14(9-36-20)18-25-12(7-34-18)17-26-13(8-33-17)19-28-15(10-35-19)21(30)32-6/h7,9-10,13,16H,8,11H2,1-6H3/t13-,16?/m0/s1. The first-order chi connectivity index (χ1) is 17.9. The fraction of sp³-hybridized carbons (Fsp3) is 0.500. The maximum atomic E-state index is 12.9. The Hall–Kier alpha value is -4.20. The highest BCUT2D eigenvalue weighted by atomic mass is 16.6. The van der Waals surface area contributed by atoms with Crippen molar-refractivity contribution in [2.45, 2.75) is 58.0 Å². The summed E-state index contributed by atoms with van der Waals surface area (Å²) in [6, 6.07) is -1.17. The van der Waals surface area contributed by atoms with Gasteiger partial charge in [-0.05, 0) is 34.6 Å². The number of hydrogen-bond acceptors (Lipinski definition) is 13. The lowest BCUT2D eigenvalue weighted by Gasteiger charge is -2.34. The molecule has 14 nitrogen and oxygen atoms in total. The van der Waals surface area contributed by atoms with E-state index in [0.29, 0.717) is 11.4 Å². The summed E-state index contributed by atoms with van der Waals surface area (Å²) >= 11 is 0. The van der Waals surface area contributed by atoms with E-state index in [1.165, 1.54) is 30.8 Å². The Balaban J connectivity index is 1.32. The third-order valence-electron chi connectivity index (χ3n) is 5.68. The minimum atomic E-state index is -0.924. The third-order valence-corrected chi connectivity index (χ3v) is 5.68. The van der Waals surface area contributed by atoms with E-state index in [2.05, 4.69) is 24.7 Å². The number of esters is 1. The summed E-state index contributed by atoms with van der Waals surface area (Å²) < 4.78 is 38.3. The zero-order valence-corrected chi connectivity index (χ0v) is 21.7. The summed E-state index contributed by atoms with van der Waals surface area (Å²) in [4.78, 5) is 43.4. The van der Waals surface area contributed by atoms with Gasteiger partial charge in [0, 0.05) is 0 Å². The van der Waals surface area contributed by atoms with E-state index < -0.39 is 35.5 Å². The van der Waals surface area contributed by atoms with E-state index in [1.54, 1.807) is 34.6 Å². The summed E-state index contributed by atoms with van der Waals surface area (Å²) in [5.41, 5.74) is -0.930. The van der Waals surface area contributed by atoms with Crippen LogP contribution in [0.3, 0.4) is 0 Å². The molecule has 2 aliphatic heterocycles. The zero-order valence-electron chi connectivity index (χ0n) is 21.7. The van der Waals surface area contributed by atoms with Crippen LogP contribution < -0.4 is 0 Å². The van der Waals surface area contributed by atoms with Crippen LogP contribution >= 0.6 is 0 Å². The number of amides is 1. The second-order valence-electron chi connectivity index (χ2n) is 10.1. The number of carbonyl (C=O) groups is 2. The van der Waals surface area contributed by atoms with Gasteiger partial charge in [-0.3, -0.25) is 4.90 Å². The highest BCUT2D eigenvalue weighted by Crippen LogP contribution is 2.38. The minimum absolute atomic E-state index is 0.0398. The molecular weight excluding hydrogens is 502 g/mol. The lowest BCUT2D eigenvalue weighted by atomic mass is 10.2. The molecule has 0 aliphatic carbocycles. The number of rotatable bonds is 5. The van der Waals surface area contributed by atoms with Crippen LogP contribution in [0.15, 0.2) is 37.0 Å². The van der Waals surface area contributed by atoms with Crippen molar-refractivity contribution in [3.63, 3.8) is 0 Å². The van der Waals surface area contributed by atoms with E-state index in [-0.39, 0.29) is 42.5 Å². The van der Waals surface area contributed by atoms with Gasteiger partial charge in [-0.1, -0.05) is 0 Å². The van der Waals surface area contributed by atoms with Gasteiger partial charge in [0.05, 0.1) is 13.7 Å². The Labute approximate surface area is 216 Å². The van der Waals surface area contributed by atoms with Gasteiger partial charge in [-0.25, -0.2) is 29.5 Å². The average Bonchev–Trinajstić information content (AvgIpc) is 3.65. The van der Waals surface area contributed by atoms with Crippen molar-refractivity contribution in [2.75, 3.05) is 20.3 Å². The number of hydrogen-bond donors (Lipinski definition) is 0. The Morgan fingerprint density at radius 2 is 1.74 bits per heavy atom. The van der Waals surface area contributed by atoms with Crippen LogP contribution in [0.4, 0.5) is 4.79 Å². The van der Waals surface area contributed by atoms with Gasteiger partial charge in [0.25, 0.3) is 0 Å². The van der Waals surface area contributed by atoms with Gasteiger partial charge in [-0.15, -0.1) is 0 Å². The molecule has 2 aliphatic rings. The number of aromatic nitrogens is 3. The molecular formula is C24H27N5O9. The second-order valence-corrected chi connectivity index (χ2v) is 10.1. The smallest absolute Gasteiger partial charge is 0.413 e. The zero-order chi connectivity index (χ0) is 27.2. The Morgan fingerprint density at radius 3 is 2.47 bits per heavy atom. The molecule has 5 heterocycles. The van der Waals surface area contributed by atoms with E-state index in [9.17, 15) is 9.59 Å². The molecule has 14 heteroatoms. The molecule has 0 spiro atoms. The van der Waals surface area contributed by atoms with Gasteiger partial charge in [0.15, 0.2) is 23.1 Å². The molecule has 1 saturated heterocycles. The van der Waals surface area contributed by atoms with Crippen LogP contribution in [0, 0.1) is 0 Å². The fourth-order valence-corrected chi connectivity index (χ4v) is 3.95. The van der Waals surface area contributed by atoms with Crippen LogP contribution in [0.25, 0.3) is 11.6 Å². The fourth-order valence-electron chi connectivity index (χ4n) is 3.95. The topological polar surface area (TPSA) is 165 Å². The summed E-state index contributed by atoms with van der Waals surface area (Å²) in [7, 11) is 1.25. The van der Waals surface area contributed by atoms with E-state index >= 15 is 0 Å². The summed E-state index contributed by atoms with van der Waals surface area (Å²) in [6.07, 6.45) is 3.41. The Bertz CT molecular complexity index is 1380. The molecule has 3 aromatic rings. The molecule has 0 saturated carbocycles. The highest BCUT2D eigenvalue weighted by molar-refractivity contribution is 5.93. The molecule has 38 heavy (non-hydrogen) atoms. The maximum absolute atomic E-state index is 12.9. The molecule has 0 radical (unpaired) electrons. The molecule has 1 amide bonds. The first-order valence-electron chi connectivity index (χ1n) is 11.8. The number of aliphatic imine (C=N–C) groups is 1. The largest absolute Gasteiger partial charge is 0.473 e. The van der Waals surface area contributed by atoms with E-state index in [0.717, 1.165) is 0 Å². The molecule has 1 unspecified atom stereocenters. The van der Waals surface area contributed by atoms with Gasteiger partial charge in [-0.2, -0.15) is 0 Å². The maximum Gasteiger partial charge on any atom is 0.413 e. The molecule has 0 aromatic carbocycles. The predicted octanol–water partition coefficient (Wildman–Crippen LogP) is 3.67. The second kappa shape index (κ2) is 9.28. The number of nitrogens with zero attached hydrogens (tertiary/aromatic N) is 5. The summed E-state index contributed by atoms with van der Waals surface area (Å²) in [5.74, 6) is 0.222. The monoisotopic (exact) mass is 529 g/mol.